The number of aromatic nitrogens is 2. The minimum Gasteiger partial charge on any atom is -0.475 e. The van der Waals surface area contributed by atoms with Crippen LogP contribution in [0.1, 0.15) is 18.3 Å². The number of fused-ring (bicyclic) bond motifs is 1. The molecule has 0 saturated heterocycles. The number of rotatable bonds is 7. The number of hydrogen-bond donors (Lipinski definition) is 0. The molecule has 0 saturated carbocycles. The molecule has 3 rings (SSSR count). The fraction of sp³-hybridized carbons (Fsp3) is 0.200. The Balaban J connectivity index is 1.92. The molecule has 0 N–H and O–H groups in total. The van der Waals surface area contributed by atoms with E-state index in [1.807, 2.05) is 0 Å². The number of hydrogen-bond acceptors (Lipinski definition) is 8. The molecule has 0 aliphatic heterocycles. The van der Waals surface area contributed by atoms with Gasteiger partial charge in [-0.05, 0) is 44.2 Å². The summed E-state index contributed by atoms with van der Waals surface area (Å²) in [4.78, 5) is 39.3. The summed E-state index contributed by atoms with van der Waals surface area (Å²) in [6, 6.07) is 9.26. The van der Waals surface area contributed by atoms with Gasteiger partial charge in [-0.3, -0.25) is 14.9 Å². The molecule has 0 aliphatic rings. The Morgan fingerprint density at radius 1 is 1.32 bits per heavy atom. The molecule has 0 spiro atoms. The highest BCUT2D eigenvalue weighted by Gasteiger charge is 2.17. The van der Waals surface area contributed by atoms with Crippen LogP contribution in [-0.2, 0) is 9.53 Å². The van der Waals surface area contributed by atoms with Gasteiger partial charge < -0.3 is 9.47 Å². The van der Waals surface area contributed by atoms with E-state index in [0.717, 1.165) is 9.15 Å². The van der Waals surface area contributed by atoms with Crippen molar-refractivity contribution in [1.82, 2.24) is 9.66 Å². The fourth-order valence-corrected chi connectivity index (χ4v) is 3.10. The zero-order valence-corrected chi connectivity index (χ0v) is 18.2. The van der Waals surface area contributed by atoms with Crippen molar-refractivity contribution >= 4 is 44.7 Å². The molecule has 0 atom stereocenters. The van der Waals surface area contributed by atoms with Crippen molar-refractivity contribution in [3.05, 3.63) is 72.7 Å². The maximum Gasteiger partial charge on any atom is 0.344 e. The Morgan fingerprint density at radius 2 is 2.10 bits per heavy atom. The SMILES string of the molecule is CCOC(=O)COc1ccc(C=Nn2c(C)nc3ccc(Br)cc3c2=O)cc1[N+](=O)[O-]. The molecule has 3 aromatic rings. The Bertz CT molecular complexity index is 1250. The predicted molar refractivity (Wildman–Crippen MR) is 117 cm³/mol. The van der Waals surface area contributed by atoms with E-state index >= 15 is 0 Å². The highest BCUT2D eigenvalue weighted by molar-refractivity contribution is 9.10. The quantitative estimate of drug-likeness (QED) is 0.216. The van der Waals surface area contributed by atoms with Crippen LogP contribution in [0.3, 0.4) is 0 Å². The number of nitro benzene ring substituents is 1. The zero-order valence-electron chi connectivity index (χ0n) is 16.6. The van der Waals surface area contributed by atoms with Gasteiger partial charge in [0, 0.05) is 16.1 Å². The van der Waals surface area contributed by atoms with Crippen molar-refractivity contribution in [1.29, 1.82) is 0 Å². The average molecular weight is 489 g/mol. The first-order chi connectivity index (χ1) is 14.8. The topological polar surface area (TPSA) is 126 Å². The fourth-order valence-electron chi connectivity index (χ4n) is 2.74. The Hall–Kier alpha value is -3.60. The second-order valence-corrected chi connectivity index (χ2v) is 7.18. The summed E-state index contributed by atoms with van der Waals surface area (Å²) < 4.78 is 11.8. The van der Waals surface area contributed by atoms with Crippen molar-refractivity contribution in [2.24, 2.45) is 5.10 Å². The van der Waals surface area contributed by atoms with Crippen molar-refractivity contribution in [3.63, 3.8) is 0 Å². The van der Waals surface area contributed by atoms with E-state index < -0.39 is 17.5 Å². The average Bonchev–Trinajstić information content (AvgIpc) is 2.73. The van der Waals surface area contributed by atoms with E-state index in [4.69, 9.17) is 9.47 Å². The van der Waals surface area contributed by atoms with Crippen LogP contribution in [0, 0.1) is 17.0 Å². The van der Waals surface area contributed by atoms with E-state index in [-0.39, 0.29) is 23.6 Å². The number of nitrogens with zero attached hydrogens (tertiary/aromatic N) is 4. The van der Waals surface area contributed by atoms with Gasteiger partial charge in [0.2, 0.25) is 0 Å². The van der Waals surface area contributed by atoms with Crippen LogP contribution in [0.5, 0.6) is 5.75 Å². The third-order valence-electron chi connectivity index (χ3n) is 4.12. The van der Waals surface area contributed by atoms with E-state index in [2.05, 4.69) is 26.0 Å². The summed E-state index contributed by atoms with van der Waals surface area (Å²) in [5.41, 5.74) is 0.175. The number of ether oxygens (including phenoxy) is 2. The molecule has 31 heavy (non-hydrogen) atoms. The largest absolute Gasteiger partial charge is 0.475 e. The Morgan fingerprint density at radius 3 is 2.81 bits per heavy atom. The number of carbonyl (C=O) groups is 1. The number of nitro groups is 1. The number of esters is 1. The van der Waals surface area contributed by atoms with Gasteiger partial charge in [0.05, 0.1) is 28.6 Å². The molecule has 10 nitrogen and oxygen atoms in total. The van der Waals surface area contributed by atoms with Crippen LogP contribution in [0.4, 0.5) is 5.69 Å². The summed E-state index contributed by atoms with van der Waals surface area (Å²) in [7, 11) is 0. The molecule has 0 amide bonds. The maximum atomic E-state index is 12.8. The molecule has 0 radical (unpaired) electrons. The van der Waals surface area contributed by atoms with Gasteiger partial charge in [0.1, 0.15) is 5.82 Å². The Labute approximate surface area is 184 Å². The van der Waals surface area contributed by atoms with Crippen molar-refractivity contribution in [2.45, 2.75) is 13.8 Å². The van der Waals surface area contributed by atoms with Crippen molar-refractivity contribution in [3.8, 4) is 5.75 Å². The van der Waals surface area contributed by atoms with Gasteiger partial charge in [-0.15, -0.1) is 0 Å². The van der Waals surface area contributed by atoms with Crippen LogP contribution in [-0.4, -0.2) is 40.0 Å². The number of aryl methyl sites for hydroxylation is 1. The second-order valence-electron chi connectivity index (χ2n) is 6.26. The van der Waals surface area contributed by atoms with Crippen LogP contribution in [0.2, 0.25) is 0 Å². The molecule has 160 valence electrons. The first-order valence-corrected chi connectivity index (χ1v) is 9.89. The van der Waals surface area contributed by atoms with E-state index in [1.165, 1.54) is 24.4 Å². The third kappa shape index (κ3) is 5.12. The normalized spacial score (nSPS) is 11.1. The van der Waals surface area contributed by atoms with Crippen molar-refractivity contribution in [2.75, 3.05) is 13.2 Å². The molecule has 0 aliphatic carbocycles. The van der Waals surface area contributed by atoms with Gasteiger partial charge in [-0.1, -0.05) is 15.9 Å². The summed E-state index contributed by atoms with van der Waals surface area (Å²) in [5, 5.41) is 15.9. The van der Waals surface area contributed by atoms with E-state index in [9.17, 15) is 19.7 Å². The minimum absolute atomic E-state index is 0.0826. The van der Waals surface area contributed by atoms with Gasteiger partial charge in [0.15, 0.2) is 12.4 Å². The van der Waals surface area contributed by atoms with Gasteiger partial charge in [0.25, 0.3) is 5.56 Å². The van der Waals surface area contributed by atoms with Crippen LogP contribution >= 0.6 is 15.9 Å². The highest BCUT2D eigenvalue weighted by atomic mass is 79.9. The molecular formula is C20H17BrN4O6. The summed E-state index contributed by atoms with van der Waals surface area (Å²) in [6.07, 6.45) is 1.31. The molecule has 0 fully saturated rings. The summed E-state index contributed by atoms with van der Waals surface area (Å²) >= 11 is 3.32. The van der Waals surface area contributed by atoms with Crippen molar-refractivity contribution < 1.29 is 19.2 Å². The molecule has 1 aromatic heterocycles. The predicted octanol–water partition coefficient (Wildman–Crippen LogP) is 3.20. The highest BCUT2D eigenvalue weighted by Crippen LogP contribution is 2.27. The third-order valence-corrected chi connectivity index (χ3v) is 4.62. The smallest absolute Gasteiger partial charge is 0.344 e. The lowest BCUT2D eigenvalue weighted by molar-refractivity contribution is -0.385. The molecule has 0 unspecified atom stereocenters. The van der Waals surface area contributed by atoms with Gasteiger partial charge in [-0.25, -0.2) is 9.78 Å². The van der Waals surface area contributed by atoms with Crippen LogP contribution in [0.25, 0.3) is 10.9 Å². The monoisotopic (exact) mass is 488 g/mol. The summed E-state index contributed by atoms with van der Waals surface area (Å²) in [6.45, 7) is 3.01. The first kappa shape index (κ1) is 22.1. The Kier molecular flexibility index (Phi) is 6.75. The van der Waals surface area contributed by atoms with E-state index in [0.29, 0.717) is 22.3 Å². The lowest BCUT2D eigenvalue weighted by Gasteiger charge is -2.07. The van der Waals surface area contributed by atoms with Crippen LogP contribution < -0.4 is 10.3 Å². The zero-order chi connectivity index (χ0) is 22.5. The lowest BCUT2D eigenvalue weighted by atomic mass is 10.2. The molecule has 2 aromatic carbocycles. The molecular weight excluding hydrogens is 472 g/mol. The molecule has 1 heterocycles. The van der Waals surface area contributed by atoms with Crippen LogP contribution in [0.15, 0.2) is 50.8 Å². The second kappa shape index (κ2) is 9.47. The number of halogens is 1. The minimum atomic E-state index is -0.635. The number of carbonyl (C=O) groups excluding carboxylic acids is 1. The lowest BCUT2D eigenvalue weighted by Crippen LogP contribution is -2.20. The maximum absolute atomic E-state index is 12.8. The first-order valence-electron chi connectivity index (χ1n) is 9.10. The summed E-state index contributed by atoms with van der Waals surface area (Å²) in [5.74, 6) is -0.353. The standard InChI is InChI=1S/C20H17BrN4O6/c1-3-30-19(26)11-31-18-7-4-13(8-17(18)25(28)29)10-22-24-12(2)23-16-6-5-14(21)9-15(16)20(24)27/h4-10H,3,11H2,1-2H3. The van der Waals surface area contributed by atoms with E-state index in [1.54, 1.807) is 32.0 Å². The number of benzene rings is 2. The molecule has 0 bridgehead atoms. The molecule has 11 heteroatoms. The van der Waals surface area contributed by atoms with Gasteiger partial charge in [-0.2, -0.15) is 9.78 Å². The van der Waals surface area contributed by atoms with Gasteiger partial charge >= 0.3 is 11.7 Å².